The average molecular weight is 484 g/mol. The molecule has 0 saturated carbocycles. The van der Waals surface area contributed by atoms with E-state index < -0.39 is 0 Å². The van der Waals surface area contributed by atoms with Gasteiger partial charge in [0.05, 0.1) is 29.2 Å². The molecule has 7 nitrogen and oxygen atoms in total. The first-order valence-electron chi connectivity index (χ1n) is 12.3. The summed E-state index contributed by atoms with van der Waals surface area (Å²) in [6.07, 6.45) is 7.14. The number of nitrogens with one attached hydrogen (secondary N) is 2. The van der Waals surface area contributed by atoms with E-state index in [0.717, 1.165) is 68.1 Å². The molecular weight excluding hydrogens is 453 g/mol. The van der Waals surface area contributed by atoms with Gasteiger partial charge in [-0.25, -0.2) is 9.37 Å². The number of nitriles is 1. The number of rotatable bonds is 5. The number of nitrogens with zero attached hydrogens (tertiary/aromatic N) is 5. The number of benzene rings is 2. The van der Waals surface area contributed by atoms with Crippen molar-refractivity contribution in [2.45, 2.75) is 18.9 Å². The third-order valence-electron chi connectivity index (χ3n) is 7.06. The highest BCUT2D eigenvalue weighted by molar-refractivity contribution is 5.94. The van der Waals surface area contributed by atoms with Crippen molar-refractivity contribution >= 4 is 17.6 Å². The van der Waals surface area contributed by atoms with Crippen molar-refractivity contribution in [3.63, 3.8) is 0 Å². The number of H-pyrrole nitrogens is 1. The molecule has 36 heavy (non-hydrogen) atoms. The number of hydrogen-bond donors (Lipinski definition) is 2. The highest BCUT2D eigenvalue weighted by Crippen LogP contribution is 2.32. The standard InChI is InChI=1S/C28H30FN7/c1-34-12-14-35(15-13-34)25-8-7-20(16-22(25)18-30)24-19-32-28(33-24)10-9-27(31)36-11-3-6-26(36)21-4-2-5-23(29)17-21/h2,4-5,7-10,16-17,19,26,31H,3,6,11-15H2,1H3,(H,32,33)/b10-9-,31-27?. The van der Waals surface area contributed by atoms with Crippen LogP contribution >= 0.6 is 0 Å². The summed E-state index contributed by atoms with van der Waals surface area (Å²) >= 11 is 0. The molecule has 5 rings (SSSR count). The number of amidine groups is 1. The molecule has 3 heterocycles. The topological polar surface area (TPSA) is 86.0 Å². The Morgan fingerprint density at radius 2 is 2.00 bits per heavy atom. The fraction of sp³-hybridized carbons (Fsp3) is 0.321. The lowest BCUT2D eigenvalue weighted by molar-refractivity contribution is 0.313. The molecule has 0 aliphatic carbocycles. The van der Waals surface area contributed by atoms with Crippen LogP contribution in [-0.4, -0.2) is 65.4 Å². The highest BCUT2D eigenvalue weighted by atomic mass is 19.1. The molecule has 2 aromatic carbocycles. The van der Waals surface area contributed by atoms with E-state index in [0.29, 0.717) is 17.2 Å². The van der Waals surface area contributed by atoms with Crippen LogP contribution in [-0.2, 0) is 0 Å². The quantitative estimate of drug-likeness (QED) is 0.407. The van der Waals surface area contributed by atoms with Crippen LogP contribution < -0.4 is 4.90 Å². The Bertz CT molecular complexity index is 1310. The molecule has 0 bridgehead atoms. The molecule has 2 fully saturated rings. The maximum absolute atomic E-state index is 13.7. The van der Waals surface area contributed by atoms with E-state index in [1.807, 2.05) is 29.2 Å². The Hall–Kier alpha value is -3.96. The highest BCUT2D eigenvalue weighted by Gasteiger charge is 2.27. The maximum Gasteiger partial charge on any atom is 0.130 e. The molecule has 8 heteroatoms. The summed E-state index contributed by atoms with van der Waals surface area (Å²) in [7, 11) is 2.12. The van der Waals surface area contributed by atoms with Gasteiger partial charge in [0.15, 0.2) is 0 Å². The van der Waals surface area contributed by atoms with Gasteiger partial charge in [-0.15, -0.1) is 0 Å². The molecule has 1 aromatic heterocycles. The van der Waals surface area contributed by atoms with Crippen molar-refractivity contribution in [2.75, 3.05) is 44.7 Å². The predicted molar refractivity (Wildman–Crippen MR) is 140 cm³/mol. The van der Waals surface area contributed by atoms with E-state index >= 15 is 0 Å². The van der Waals surface area contributed by atoms with E-state index in [1.54, 1.807) is 30.5 Å². The van der Waals surface area contributed by atoms with E-state index in [9.17, 15) is 9.65 Å². The van der Waals surface area contributed by atoms with Crippen LogP contribution in [0.3, 0.4) is 0 Å². The van der Waals surface area contributed by atoms with Crippen molar-refractivity contribution < 1.29 is 4.39 Å². The molecule has 1 atom stereocenters. The molecule has 0 radical (unpaired) electrons. The van der Waals surface area contributed by atoms with Crippen LogP contribution in [0.2, 0.25) is 0 Å². The van der Waals surface area contributed by atoms with Crippen LogP contribution in [0, 0.1) is 22.6 Å². The summed E-state index contributed by atoms with van der Waals surface area (Å²) in [6, 6.07) is 15.0. The number of anilines is 1. The van der Waals surface area contributed by atoms with E-state index in [-0.39, 0.29) is 11.9 Å². The lowest BCUT2D eigenvalue weighted by Gasteiger charge is -2.34. The van der Waals surface area contributed by atoms with Crippen LogP contribution in [0.15, 0.2) is 54.7 Å². The van der Waals surface area contributed by atoms with Gasteiger partial charge in [-0.05, 0) is 61.9 Å². The lowest BCUT2D eigenvalue weighted by Crippen LogP contribution is -2.44. The van der Waals surface area contributed by atoms with Crippen LogP contribution in [0.25, 0.3) is 17.3 Å². The Balaban J connectivity index is 1.28. The zero-order valence-electron chi connectivity index (χ0n) is 20.4. The van der Waals surface area contributed by atoms with Gasteiger partial charge in [-0.2, -0.15) is 5.26 Å². The fourth-order valence-electron chi connectivity index (χ4n) is 5.05. The largest absolute Gasteiger partial charge is 0.368 e. The lowest BCUT2D eigenvalue weighted by atomic mass is 10.0. The van der Waals surface area contributed by atoms with Gasteiger partial charge < -0.3 is 19.7 Å². The molecule has 3 aromatic rings. The van der Waals surface area contributed by atoms with Gasteiger partial charge in [0, 0.05) is 38.3 Å². The number of hydrogen-bond acceptors (Lipinski definition) is 5. The molecule has 184 valence electrons. The van der Waals surface area contributed by atoms with Gasteiger partial charge in [-0.1, -0.05) is 18.2 Å². The molecule has 0 spiro atoms. The second kappa shape index (κ2) is 10.3. The number of aromatic amines is 1. The Morgan fingerprint density at radius 3 is 2.78 bits per heavy atom. The third kappa shape index (κ3) is 5.02. The van der Waals surface area contributed by atoms with Crippen molar-refractivity contribution in [3.8, 4) is 17.3 Å². The summed E-state index contributed by atoms with van der Waals surface area (Å²) in [5, 5.41) is 18.4. The van der Waals surface area contributed by atoms with Gasteiger partial charge in [0.25, 0.3) is 0 Å². The van der Waals surface area contributed by atoms with Gasteiger partial charge >= 0.3 is 0 Å². The number of halogens is 1. The maximum atomic E-state index is 13.7. The summed E-state index contributed by atoms with van der Waals surface area (Å²) in [5.41, 5.74) is 4.25. The van der Waals surface area contributed by atoms with Crippen LogP contribution in [0.4, 0.5) is 10.1 Å². The third-order valence-corrected chi connectivity index (χ3v) is 7.06. The first kappa shape index (κ1) is 23.8. The normalized spacial score (nSPS) is 18.6. The minimum absolute atomic E-state index is 0.00762. The van der Waals surface area contributed by atoms with E-state index in [2.05, 4.69) is 32.9 Å². The van der Waals surface area contributed by atoms with Crippen molar-refractivity contribution in [3.05, 3.63) is 77.5 Å². The molecular formula is C28H30FN7. The minimum Gasteiger partial charge on any atom is -0.368 e. The Kier molecular flexibility index (Phi) is 6.83. The Labute approximate surface area is 211 Å². The monoisotopic (exact) mass is 483 g/mol. The van der Waals surface area contributed by atoms with Gasteiger partial charge in [0.2, 0.25) is 0 Å². The van der Waals surface area contributed by atoms with Crippen molar-refractivity contribution in [1.29, 1.82) is 10.7 Å². The minimum atomic E-state index is -0.249. The first-order chi connectivity index (χ1) is 17.5. The number of imidazole rings is 1. The Morgan fingerprint density at radius 1 is 1.17 bits per heavy atom. The molecule has 2 aliphatic rings. The number of aromatic nitrogens is 2. The summed E-state index contributed by atoms with van der Waals surface area (Å²) in [6.45, 7) is 4.56. The summed E-state index contributed by atoms with van der Waals surface area (Å²) in [5.74, 6) is 0.765. The second-order valence-corrected chi connectivity index (χ2v) is 9.44. The fourth-order valence-corrected chi connectivity index (χ4v) is 5.05. The number of likely N-dealkylation sites (N-methyl/N-ethyl adjacent to an activating group) is 1. The molecule has 2 aliphatic heterocycles. The van der Waals surface area contributed by atoms with Crippen LogP contribution in [0.5, 0.6) is 0 Å². The summed E-state index contributed by atoms with van der Waals surface area (Å²) < 4.78 is 13.7. The zero-order valence-corrected chi connectivity index (χ0v) is 20.4. The average Bonchev–Trinajstić information content (AvgIpc) is 3.58. The molecule has 2 saturated heterocycles. The van der Waals surface area contributed by atoms with Crippen LogP contribution in [0.1, 0.15) is 35.8 Å². The van der Waals surface area contributed by atoms with E-state index in [1.165, 1.54) is 6.07 Å². The van der Waals surface area contributed by atoms with Gasteiger partial charge in [0.1, 0.15) is 23.5 Å². The smallest absolute Gasteiger partial charge is 0.130 e. The number of likely N-dealkylation sites (tertiary alicyclic amines) is 1. The van der Waals surface area contributed by atoms with E-state index in [4.69, 9.17) is 5.41 Å². The van der Waals surface area contributed by atoms with Crippen molar-refractivity contribution in [2.24, 2.45) is 0 Å². The molecule has 1 unspecified atom stereocenters. The predicted octanol–water partition coefficient (Wildman–Crippen LogP) is 4.67. The van der Waals surface area contributed by atoms with Crippen molar-refractivity contribution in [1.82, 2.24) is 19.8 Å². The number of piperazine rings is 1. The van der Waals surface area contributed by atoms with Gasteiger partial charge in [-0.3, -0.25) is 5.41 Å². The first-order valence-corrected chi connectivity index (χ1v) is 12.3. The molecule has 2 N–H and O–H groups in total. The SMILES string of the molecule is CN1CCN(c2ccc(-c3cnc(/C=C\C(=N)N4CCCC4c4cccc(F)c4)[nH]3)cc2C#N)CC1. The summed E-state index contributed by atoms with van der Waals surface area (Å²) in [4.78, 5) is 14.3. The molecule has 0 amide bonds. The second-order valence-electron chi connectivity index (χ2n) is 9.44. The zero-order chi connectivity index (χ0) is 25.1.